The number of carbonyl (C=O) groups excluding carboxylic acids is 1. The van der Waals surface area contributed by atoms with E-state index in [1.54, 1.807) is 0 Å². The maximum atomic E-state index is 11.9. The summed E-state index contributed by atoms with van der Waals surface area (Å²) in [4.78, 5) is 23.6. The van der Waals surface area contributed by atoms with Crippen LogP contribution in [0.4, 0.5) is 0 Å². The number of esters is 1. The molecule has 0 aromatic heterocycles. The van der Waals surface area contributed by atoms with Gasteiger partial charge in [0.25, 0.3) is 0 Å². The molecule has 4 heteroatoms. The highest BCUT2D eigenvalue weighted by Crippen LogP contribution is 2.22. The van der Waals surface area contributed by atoms with Gasteiger partial charge in [-0.25, -0.2) is 0 Å². The lowest BCUT2D eigenvalue weighted by Crippen LogP contribution is -2.13. The molecule has 0 radical (unpaired) electrons. The second-order valence-corrected chi connectivity index (χ2v) is 26.1. The van der Waals surface area contributed by atoms with Gasteiger partial charge in [-0.15, -0.1) is 0 Å². The average Bonchev–Trinajstić information content (AvgIpc) is 3.46. The van der Waals surface area contributed by atoms with Crippen LogP contribution < -0.4 is 0 Å². The Kier molecular flexibility index (Phi) is 76.9. The van der Waals surface area contributed by atoms with Crippen LogP contribution in [-0.2, 0) is 14.3 Å². The summed E-state index contributed by atoms with van der Waals surface area (Å²) in [6.07, 6.45) is 91.9. The third-order valence-electron chi connectivity index (χ3n) is 17.9. The third kappa shape index (κ3) is 75.0. The number of hydrogen-bond acceptors (Lipinski definition) is 3. The molecule has 0 rings (SSSR count). The number of carboxylic acid groups (broad SMARTS) is 1. The zero-order chi connectivity index (χ0) is 58.2. The van der Waals surface area contributed by atoms with Crippen LogP contribution in [0.25, 0.3) is 0 Å². The Morgan fingerprint density at radius 1 is 0.237 bits per heavy atom. The number of hydrogen-bond donors (Lipinski definition) is 1. The van der Waals surface area contributed by atoms with E-state index >= 15 is 0 Å². The molecule has 1 atom stereocenters. The van der Waals surface area contributed by atoms with E-state index in [-0.39, 0.29) is 11.9 Å². The van der Waals surface area contributed by atoms with E-state index in [0.717, 1.165) is 38.5 Å². The van der Waals surface area contributed by atoms with E-state index in [9.17, 15) is 14.7 Å². The molecule has 0 heterocycles. The molecule has 0 bridgehead atoms. The van der Waals surface area contributed by atoms with E-state index in [2.05, 4.69) is 27.7 Å². The highest BCUT2D eigenvalue weighted by atomic mass is 16.5. The van der Waals surface area contributed by atoms with E-state index in [1.807, 2.05) is 0 Å². The van der Waals surface area contributed by atoms with Gasteiger partial charge in [0.1, 0.15) is 0 Å². The molecule has 0 aromatic carbocycles. The van der Waals surface area contributed by atoms with Crippen LogP contribution in [0.1, 0.15) is 464 Å². The lowest BCUT2D eigenvalue weighted by atomic mass is 9.94. The molecular formula is C76H152O4. The lowest BCUT2D eigenvalue weighted by Gasteiger charge is -2.12. The molecule has 0 aliphatic heterocycles. The summed E-state index contributed by atoms with van der Waals surface area (Å²) in [5, 5.41) is 9.61. The van der Waals surface area contributed by atoms with Crippen LogP contribution in [-0.4, -0.2) is 23.7 Å². The first-order chi connectivity index (χ1) is 39.5. The fraction of sp³-hybridized carbons (Fsp3) is 0.974. The normalized spacial score (nSPS) is 11.8. The number of carbonyl (C=O) groups is 2. The first-order valence-electron chi connectivity index (χ1n) is 37.9. The minimum atomic E-state index is -0.555. The average molecular weight is 1130 g/mol. The smallest absolute Gasteiger partial charge is 0.306 e. The molecule has 480 valence electrons. The van der Waals surface area contributed by atoms with Gasteiger partial charge in [-0.1, -0.05) is 432 Å². The maximum absolute atomic E-state index is 11.9. The second kappa shape index (κ2) is 76.0. The molecule has 0 saturated heterocycles. The van der Waals surface area contributed by atoms with E-state index in [0.29, 0.717) is 13.0 Å². The van der Waals surface area contributed by atoms with Crippen LogP contribution in [0.5, 0.6) is 0 Å². The Balaban J connectivity index is 0. The molecular weight excluding hydrogens is 977 g/mol. The first-order valence-corrected chi connectivity index (χ1v) is 37.9. The summed E-state index contributed by atoms with van der Waals surface area (Å²) in [5.41, 5.74) is 0. The van der Waals surface area contributed by atoms with Gasteiger partial charge >= 0.3 is 11.9 Å². The summed E-state index contributed by atoms with van der Waals surface area (Å²) in [5.74, 6) is -0.625. The van der Waals surface area contributed by atoms with Crippen LogP contribution in [0, 0.1) is 5.92 Å². The standard InChI is InChI=1S/2C38H76O2/c1-3-5-7-9-11-13-15-17-18-19-20-21-22-23-24-26-28-30-32-34-36-37(38(39)40)35-33-31-29-27-25-16-14-12-10-8-6-4-2;1-3-5-7-9-11-13-15-17-18-19-20-21-22-23-25-27-29-31-33-35-37-40-38(39)36-34-32-30-28-26-24-16-14-12-10-8-6-4-2/h37H,3-36H2,1-2H3,(H,39,40);3-37H2,1-2H3. The van der Waals surface area contributed by atoms with Crippen molar-refractivity contribution in [2.45, 2.75) is 464 Å². The molecule has 0 spiro atoms. The molecule has 0 fully saturated rings. The van der Waals surface area contributed by atoms with Crippen molar-refractivity contribution in [1.29, 1.82) is 0 Å². The summed E-state index contributed by atoms with van der Waals surface area (Å²) in [7, 11) is 0. The van der Waals surface area contributed by atoms with E-state index in [1.165, 1.54) is 392 Å². The summed E-state index contributed by atoms with van der Waals surface area (Å²) in [6.45, 7) is 9.79. The van der Waals surface area contributed by atoms with Crippen molar-refractivity contribution in [3.05, 3.63) is 0 Å². The van der Waals surface area contributed by atoms with Gasteiger partial charge in [0.15, 0.2) is 0 Å². The monoisotopic (exact) mass is 1130 g/mol. The Morgan fingerprint density at radius 3 is 0.588 bits per heavy atom. The van der Waals surface area contributed by atoms with Gasteiger partial charge in [-0.2, -0.15) is 0 Å². The number of rotatable bonds is 70. The predicted molar refractivity (Wildman–Crippen MR) is 359 cm³/mol. The van der Waals surface area contributed by atoms with Gasteiger partial charge in [0.05, 0.1) is 12.5 Å². The van der Waals surface area contributed by atoms with Gasteiger partial charge < -0.3 is 9.84 Å². The van der Waals surface area contributed by atoms with Crippen molar-refractivity contribution in [2.24, 2.45) is 5.92 Å². The lowest BCUT2D eigenvalue weighted by molar-refractivity contribution is -0.144. The molecule has 1 N–H and O–H groups in total. The number of aliphatic carboxylic acids is 1. The van der Waals surface area contributed by atoms with E-state index in [4.69, 9.17) is 4.74 Å². The van der Waals surface area contributed by atoms with E-state index < -0.39 is 5.97 Å². The van der Waals surface area contributed by atoms with Crippen LogP contribution in [0.2, 0.25) is 0 Å². The quantitative estimate of drug-likeness (QED) is 0.0487. The van der Waals surface area contributed by atoms with Gasteiger partial charge in [-0.3, -0.25) is 9.59 Å². The van der Waals surface area contributed by atoms with Gasteiger partial charge in [0.2, 0.25) is 0 Å². The third-order valence-corrected chi connectivity index (χ3v) is 17.9. The van der Waals surface area contributed by atoms with Crippen molar-refractivity contribution < 1.29 is 19.4 Å². The number of unbranched alkanes of at least 4 members (excludes halogenated alkanes) is 61. The molecule has 0 saturated carbocycles. The Bertz CT molecular complexity index is 1100. The summed E-state index contributed by atoms with van der Waals surface area (Å²) < 4.78 is 5.45. The van der Waals surface area contributed by atoms with Crippen LogP contribution in [0.3, 0.4) is 0 Å². The second-order valence-electron chi connectivity index (χ2n) is 26.1. The largest absolute Gasteiger partial charge is 0.481 e. The summed E-state index contributed by atoms with van der Waals surface area (Å²) >= 11 is 0. The molecule has 1 unspecified atom stereocenters. The highest BCUT2D eigenvalue weighted by Gasteiger charge is 2.16. The summed E-state index contributed by atoms with van der Waals surface area (Å²) in [6, 6.07) is 0. The van der Waals surface area contributed by atoms with Crippen molar-refractivity contribution in [1.82, 2.24) is 0 Å². The Morgan fingerprint density at radius 2 is 0.400 bits per heavy atom. The molecule has 0 amide bonds. The van der Waals surface area contributed by atoms with Crippen LogP contribution >= 0.6 is 0 Å². The minimum absolute atomic E-state index is 0.0286. The van der Waals surface area contributed by atoms with Gasteiger partial charge in [0, 0.05) is 6.42 Å². The van der Waals surface area contributed by atoms with Crippen molar-refractivity contribution in [2.75, 3.05) is 6.61 Å². The topological polar surface area (TPSA) is 63.6 Å². The van der Waals surface area contributed by atoms with Crippen molar-refractivity contribution in [3.8, 4) is 0 Å². The SMILES string of the molecule is CCCCCCCCCCCCCCCCCCCCCCC(CCCCCCCCCCCCCC)C(=O)O.CCCCCCCCCCCCCCCCCCCCCCOC(=O)CCCCCCCCCCCCCCC. The molecule has 0 aliphatic carbocycles. The molecule has 0 aromatic rings. The zero-order valence-electron chi connectivity index (χ0n) is 56.0. The maximum Gasteiger partial charge on any atom is 0.306 e. The Hall–Kier alpha value is -1.06. The van der Waals surface area contributed by atoms with Gasteiger partial charge in [-0.05, 0) is 25.7 Å². The fourth-order valence-electron chi connectivity index (χ4n) is 12.2. The number of ether oxygens (including phenoxy) is 1. The highest BCUT2D eigenvalue weighted by molar-refractivity contribution is 5.70. The minimum Gasteiger partial charge on any atom is -0.481 e. The molecule has 4 nitrogen and oxygen atoms in total. The van der Waals surface area contributed by atoms with Crippen LogP contribution in [0.15, 0.2) is 0 Å². The van der Waals surface area contributed by atoms with Crippen molar-refractivity contribution >= 4 is 11.9 Å². The molecule has 0 aliphatic rings. The number of carboxylic acids is 1. The zero-order valence-corrected chi connectivity index (χ0v) is 56.0. The first kappa shape index (κ1) is 81.0. The predicted octanol–water partition coefficient (Wildman–Crippen LogP) is 27.8. The molecule has 80 heavy (non-hydrogen) atoms. The Labute approximate surface area is 505 Å². The fourth-order valence-corrected chi connectivity index (χ4v) is 12.2. The van der Waals surface area contributed by atoms with Crippen molar-refractivity contribution in [3.63, 3.8) is 0 Å².